The number of piperazine rings is 1. The largest absolute Gasteiger partial charge is 0.369 e. The van der Waals surface area contributed by atoms with Gasteiger partial charge in [-0.1, -0.05) is 11.8 Å². The van der Waals surface area contributed by atoms with Crippen LogP contribution in [0.25, 0.3) is 5.78 Å². The Balaban J connectivity index is 1.37. The lowest BCUT2D eigenvalue weighted by atomic mass is 10.1. The number of likely N-dealkylation sites (N-methyl/N-ethyl adjacent to an activating group) is 1. The summed E-state index contributed by atoms with van der Waals surface area (Å²) in [5.41, 5.74) is 4.96. The van der Waals surface area contributed by atoms with Crippen molar-refractivity contribution in [2.75, 3.05) is 49.7 Å². The molecule has 1 N–H and O–H groups in total. The van der Waals surface area contributed by atoms with Crippen LogP contribution in [-0.2, 0) is 11.2 Å². The normalized spacial score (nSPS) is 14.9. The van der Waals surface area contributed by atoms with Gasteiger partial charge in [-0.15, -0.1) is 5.10 Å². The Morgan fingerprint density at radius 1 is 1.10 bits per heavy atom. The summed E-state index contributed by atoms with van der Waals surface area (Å²) in [5.74, 6) is 0.600. The third-order valence-electron chi connectivity index (χ3n) is 5.83. The molecule has 9 heteroatoms. The molecule has 2 aromatic heterocycles. The van der Waals surface area contributed by atoms with Gasteiger partial charge in [0.25, 0.3) is 5.78 Å². The number of anilines is 2. The molecule has 164 valence electrons. The minimum atomic E-state index is -0.00497. The number of benzene rings is 1. The van der Waals surface area contributed by atoms with Crippen molar-refractivity contribution < 1.29 is 4.79 Å². The molecule has 0 atom stereocenters. The van der Waals surface area contributed by atoms with Gasteiger partial charge in [0.15, 0.2) is 0 Å². The van der Waals surface area contributed by atoms with Crippen molar-refractivity contribution in [3.63, 3.8) is 0 Å². The Morgan fingerprint density at radius 2 is 1.81 bits per heavy atom. The van der Waals surface area contributed by atoms with E-state index in [0.717, 1.165) is 48.8 Å². The van der Waals surface area contributed by atoms with Crippen LogP contribution in [0.1, 0.15) is 23.4 Å². The van der Waals surface area contributed by atoms with Gasteiger partial charge in [0.1, 0.15) is 0 Å². The average Bonchev–Trinajstić information content (AvgIpc) is 3.18. The van der Waals surface area contributed by atoms with Crippen LogP contribution in [-0.4, -0.2) is 69.9 Å². The highest BCUT2D eigenvalue weighted by atomic mass is 32.2. The number of carbonyl (C=O) groups is 1. The first-order chi connectivity index (χ1) is 14.9. The predicted molar refractivity (Wildman–Crippen MR) is 125 cm³/mol. The number of thioether (sulfide) groups is 1. The molecule has 0 saturated carbocycles. The van der Waals surface area contributed by atoms with Gasteiger partial charge >= 0.3 is 0 Å². The van der Waals surface area contributed by atoms with Crippen LogP contribution in [0.3, 0.4) is 0 Å². The lowest BCUT2D eigenvalue weighted by Gasteiger charge is -2.34. The molecule has 31 heavy (non-hydrogen) atoms. The second kappa shape index (κ2) is 9.23. The summed E-state index contributed by atoms with van der Waals surface area (Å²) in [4.78, 5) is 26.3. The van der Waals surface area contributed by atoms with Gasteiger partial charge in [-0.05, 0) is 63.4 Å². The van der Waals surface area contributed by atoms with E-state index in [4.69, 9.17) is 0 Å². The van der Waals surface area contributed by atoms with E-state index in [1.165, 1.54) is 17.4 Å². The summed E-state index contributed by atoms with van der Waals surface area (Å²) in [6.07, 6.45) is 2.94. The van der Waals surface area contributed by atoms with E-state index in [2.05, 4.69) is 49.4 Å². The zero-order chi connectivity index (χ0) is 22.0. The summed E-state index contributed by atoms with van der Waals surface area (Å²) >= 11 is 1.49. The zero-order valence-corrected chi connectivity index (χ0v) is 19.4. The minimum Gasteiger partial charge on any atom is -0.369 e. The molecule has 1 aliphatic rings. The zero-order valence-electron chi connectivity index (χ0n) is 18.6. The van der Waals surface area contributed by atoms with Crippen LogP contribution in [0.15, 0.2) is 29.4 Å². The molecular weight excluding hydrogens is 410 g/mol. The Labute approximate surface area is 187 Å². The molecule has 0 unspecified atom stereocenters. The molecule has 0 spiro atoms. The van der Waals surface area contributed by atoms with Crippen LogP contribution in [0.2, 0.25) is 0 Å². The van der Waals surface area contributed by atoms with Gasteiger partial charge < -0.3 is 15.1 Å². The quantitative estimate of drug-likeness (QED) is 0.592. The van der Waals surface area contributed by atoms with E-state index in [0.29, 0.717) is 23.8 Å². The van der Waals surface area contributed by atoms with E-state index in [1.807, 2.05) is 32.2 Å². The number of aryl methyl sites for hydroxylation is 2. The maximum Gasteiger partial charge on any atom is 0.253 e. The highest BCUT2D eigenvalue weighted by molar-refractivity contribution is 7.98. The van der Waals surface area contributed by atoms with Crippen molar-refractivity contribution in [1.29, 1.82) is 0 Å². The minimum absolute atomic E-state index is 0.00497. The van der Waals surface area contributed by atoms with E-state index in [-0.39, 0.29) is 5.91 Å². The van der Waals surface area contributed by atoms with Crippen molar-refractivity contribution in [3.8, 4) is 0 Å². The number of nitrogens with zero attached hydrogens (tertiary/aromatic N) is 6. The molecule has 0 aliphatic carbocycles. The topological polar surface area (TPSA) is 78.7 Å². The molecule has 1 fully saturated rings. The maximum absolute atomic E-state index is 12.6. The SMILES string of the molecule is CSc1nc2nc(C)c(CCC(=O)Nc3ccc(N4CCN(C)CC4)cc3)c(C)n2n1. The van der Waals surface area contributed by atoms with Crippen molar-refractivity contribution in [1.82, 2.24) is 24.5 Å². The van der Waals surface area contributed by atoms with Crippen LogP contribution < -0.4 is 10.2 Å². The molecule has 3 aromatic rings. The Bertz CT molecular complexity index is 1070. The first kappa shape index (κ1) is 21.6. The lowest BCUT2D eigenvalue weighted by Crippen LogP contribution is -2.44. The first-order valence-electron chi connectivity index (χ1n) is 10.5. The molecule has 1 aromatic carbocycles. The molecule has 1 aliphatic heterocycles. The number of nitrogens with one attached hydrogen (secondary N) is 1. The van der Waals surface area contributed by atoms with Crippen LogP contribution in [0, 0.1) is 13.8 Å². The van der Waals surface area contributed by atoms with Gasteiger partial charge in [-0.2, -0.15) is 4.98 Å². The molecule has 0 radical (unpaired) electrons. The second-order valence-electron chi connectivity index (χ2n) is 7.96. The predicted octanol–water partition coefficient (Wildman–Crippen LogP) is 2.79. The molecule has 3 heterocycles. The number of fused-ring (bicyclic) bond motifs is 1. The fourth-order valence-electron chi connectivity index (χ4n) is 3.92. The third kappa shape index (κ3) is 4.83. The first-order valence-corrected chi connectivity index (χ1v) is 11.8. The summed E-state index contributed by atoms with van der Waals surface area (Å²) in [6.45, 7) is 8.18. The number of aromatic nitrogens is 4. The van der Waals surface area contributed by atoms with Gasteiger partial charge in [0.05, 0.1) is 0 Å². The van der Waals surface area contributed by atoms with Crippen molar-refractivity contribution >= 4 is 34.8 Å². The van der Waals surface area contributed by atoms with Crippen molar-refractivity contribution in [2.24, 2.45) is 0 Å². The summed E-state index contributed by atoms with van der Waals surface area (Å²) in [5, 5.41) is 8.19. The highest BCUT2D eigenvalue weighted by Gasteiger charge is 2.16. The molecule has 4 rings (SSSR count). The van der Waals surface area contributed by atoms with E-state index < -0.39 is 0 Å². The van der Waals surface area contributed by atoms with Crippen LogP contribution in [0.5, 0.6) is 0 Å². The molecule has 8 nitrogen and oxygen atoms in total. The summed E-state index contributed by atoms with van der Waals surface area (Å²) in [7, 11) is 2.15. The number of amides is 1. The Morgan fingerprint density at radius 3 is 2.48 bits per heavy atom. The maximum atomic E-state index is 12.6. The van der Waals surface area contributed by atoms with Crippen molar-refractivity contribution in [2.45, 2.75) is 31.8 Å². The number of rotatable bonds is 6. The Hall–Kier alpha value is -2.65. The average molecular weight is 440 g/mol. The fraction of sp³-hybridized carbons (Fsp3) is 0.455. The molecule has 0 bridgehead atoms. The third-order valence-corrected chi connectivity index (χ3v) is 6.37. The van der Waals surface area contributed by atoms with E-state index >= 15 is 0 Å². The number of carbonyl (C=O) groups excluding carboxylic acids is 1. The number of hydrogen-bond acceptors (Lipinski definition) is 7. The summed E-state index contributed by atoms with van der Waals surface area (Å²) in [6, 6.07) is 8.13. The lowest BCUT2D eigenvalue weighted by molar-refractivity contribution is -0.116. The van der Waals surface area contributed by atoms with Gasteiger partial charge in [0, 0.05) is 55.4 Å². The van der Waals surface area contributed by atoms with Crippen LogP contribution in [0.4, 0.5) is 11.4 Å². The highest BCUT2D eigenvalue weighted by Crippen LogP contribution is 2.21. The standard InChI is InChI=1S/C22H29N7OS/c1-15-19(16(2)29-21(23-15)25-22(26-29)31-4)9-10-20(30)24-17-5-7-18(8-6-17)28-13-11-27(3)12-14-28/h5-8H,9-14H2,1-4H3,(H,24,30). The van der Waals surface area contributed by atoms with Gasteiger partial charge in [0.2, 0.25) is 11.1 Å². The van der Waals surface area contributed by atoms with E-state index in [9.17, 15) is 4.79 Å². The smallest absolute Gasteiger partial charge is 0.253 e. The van der Waals surface area contributed by atoms with Crippen LogP contribution >= 0.6 is 11.8 Å². The molecular formula is C22H29N7OS. The number of hydrogen-bond donors (Lipinski definition) is 1. The summed E-state index contributed by atoms with van der Waals surface area (Å²) < 4.78 is 1.77. The molecule has 1 saturated heterocycles. The van der Waals surface area contributed by atoms with Gasteiger partial charge in [-0.25, -0.2) is 9.50 Å². The van der Waals surface area contributed by atoms with E-state index in [1.54, 1.807) is 4.52 Å². The molecule has 1 amide bonds. The van der Waals surface area contributed by atoms with Crippen molar-refractivity contribution in [3.05, 3.63) is 41.2 Å². The van der Waals surface area contributed by atoms with Gasteiger partial charge in [-0.3, -0.25) is 4.79 Å². The Kier molecular flexibility index (Phi) is 6.43. The monoisotopic (exact) mass is 439 g/mol. The fourth-order valence-corrected chi connectivity index (χ4v) is 4.26. The second-order valence-corrected chi connectivity index (χ2v) is 8.73.